The van der Waals surface area contributed by atoms with Crippen molar-refractivity contribution in [2.75, 3.05) is 11.1 Å². The van der Waals surface area contributed by atoms with E-state index in [0.717, 1.165) is 11.3 Å². The number of thiazole rings is 1. The summed E-state index contributed by atoms with van der Waals surface area (Å²) in [6.07, 6.45) is -0.333. The number of anilines is 1. The molecule has 32 heavy (non-hydrogen) atoms. The number of hydrogen-bond donors (Lipinski definition) is 1. The van der Waals surface area contributed by atoms with Crippen molar-refractivity contribution in [1.29, 1.82) is 0 Å². The van der Waals surface area contributed by atoms with Gasteiger partial charge in [-0.05, 0) is 25.1 Å². The van der Waals surface area contributed by atoms with Crippen LogP contribution >= 0.6 is 34.7 Å². The quantitative estimate of drug-likeness (QED) is 0.333. The van der Waals surface area contributed by atoms with E-state index in [0.29, 0.717) is 26.9 Å². The van der Waals surface area contributed by atoms with E-state index in [-0.39, 0.29) is 17.8 Å². The molecule has 4 aromatic rings. The van der Waals surface area contributed by atoms with Crippen molar-refractivity contribution < 1.29 is 9.53 Å². The molecule has 4 rings (SSSR count). The monoisotopic (exact) mass is 485 g/mol. The predicted molar refractivity (Wildman–Crippen MR) is 128 cm³/mol. The van der Waals surface area contributed by atoms with Gasteiger partial charge in [-0.15, -0.1) is 21.5 Å². The number of benzene rings is 2. The summed E-state index contributed by atoms with van der Waals surface area (Å²) >= 11 is 8.71. The first-order chi connectivity index (χ1) is 15.5. The summed E-state index contributed by atoms with van der Waals surface area (Å²) in [6, 6.07) is 17.0. The number of rotatable bonds is 8. The molecule has 2 aromatic carbocycles. The largest absolute Gasteiger partial charge is 0.483 e. The normalized spacial score (nSPS) is 11.8. The van der Waals surface area contributed by atoms with Gasteiger partial charge in [0.05, 0.1) is 11.4 Å². The first-order valence-electron chi connectivity index (χ1n) is 9.74. The van der Waals surface area contributed by atoms with Crippen molar-refractivity contribution in [2.24, 2.45) is 7.05 Å². The van der Waals surface area contributed by atoms with Gasteiger partial charge in [-0.25, -0.2) is 4.98 Å². The van der Waals surface area contributed by atoms with Gasteiger partial charge in [0.25, 0.3) is 0 Å². The summed E-state index contributed by atoms with van der Waals surface area (Å²) in [4.78, 5) is 16.9. The minimum absolute atomic E-state index is 0.156. The van der Waals surface area contributed by atoms with E-state index in [1.807, 2.05) is 66.4 Å². The molecule has 2 heterocycles. The molecule has 1 unspecified atom stereocenters. The van der Waals surface area contributed by atoms with Crippen molar-refractivity contribution in [3.8, 4) is 17.0 Å². The van der Waals surface area contributed by atoms with Gasteiger partial charge < -0.3 is 14.6 Å². The Kier molecular flexibility index (Phi) is 7.09. The third-order valence-electron chi connectivity index (χ3n) is 4.49. The second-order valence-corrected chi connectivity index (χ2v) is 9.10. The maximum absolute atomic E-state index is 12.4. The Balaban J connectivity index is 1.33. The van der Waals surface area contributed by atoms with Crippen LogP contribution in [0.2, 0.25) is 5.02 Å². The number of amides is 1. The van der Waals surface area contributed by atoms with Crippen LogP contribution in [0.15, 0.2) is 65.1 Å². The van der Waals surface area contributed by atoms with E-state index in [1.165, 1.54) is 23.1 Å². The average molecular weight is 486 g/mol. The predicted octanol–water partition coefficient (Wildman–Crippen LogP) is 5.46. The van der Waals surface area contributed by atoms with E-state index >= 15 is 0 Å². The molecule has 0 radical (unpaired) electrons. The third kappa shape index (κ3) is 5.48. The fourth-order valence-corrected chi connectivity index (χ4v) is 4.60. The highest BCUT2D eigenvalue weighted by Crippen LogP contribution is 2.27. The summed E-state index contributed by atoms with van der Waals surface area (Å²) in [5.74, 6) is 1.34. The van der Waals surface area contributed by atoms with Crippen molar-refractivity contribution in [3.63, 3.8) is 0 Å². The Bertz CT molecular complexity index is 1210. The molecule has 10 heteroatoms. The molecule has 0 aliphatic carbocycles. The molecule has 0 spiro atoms. The molecule has 1 amide bonds. The highest BCUT2D eigenvalue weighted by atomic mass is 35.5. The van der Waals surface area contributed by atoms with Gasteiger partial charge in [-0.3, -0.25) is 4.79 Å². The van der Waals surface area contributed by atoms with Crippen LogP contribution in [0, 0.1) is 0 Å². The number of aromatic nitrogens is 4. The molecule has 1 atom stereocenters. The first kappa shape index (κ1) is 22.3. The zero-order valence-electron chi connectivity index (χ0n) is 17.4. The topological polar surface area (TPSA) is 81.9 Å². The lowest BCUT2D eigenvalue weighted by Gasteiger charge is -2.14. The van der Waals surface area contributed by atoms with E-state index in [4.69, 9.17) is 16.3 Å². The number of carbonyl (C=O) groups excluding carboxylic acids is 1. The van der Waals surface area contributed by atoms with Crippen LogP contribution < -0.4 is 10.1 Å². The fourth-order valence-electron chi connectivity index (χ4n) is 2.96. The fraction of sp³-hybridized carbons (Fsp3) is 0.182. The van der Waals surface area contributed by atoms with Gasteiger partial charge in [0, 0.05) is 23.0 Å². The van der Waals surface area contributed by atoms with Crippen molar-refractivity contribution in [3.05, 3.63) is 70.8 Å². The Hall–Kier alpha value is -2.88. The summed E-state index contributed by atoms with van der Waals surface area (Å²) < 4.78 is 7.74. The minimum Gasteiger partial charge on any atom is -0.483 e. The smallest absolute Gasteiger partial charge is 0.236 e. The molecule has 0 saturated heterocycles. The molecule has 0 bridgehead atoms. The maximum Gasteiger partial charge on any atom is 0.236 e. The zero-order valence-corrected chi connectivity index (χ0v) is 19.7. The summed E-state index contributed by atoms with van der Waals surface area (Å²) in [5.41, 5.74) is 1.85. The molecular formula is C22H20ClN5O2S2. The van der Waals surface area contributed by atoms with E-state index < -0.39 is 0 Å². The average Bonchev–Trinajstić information content (AvgIpc) is 3.39. The number of nitrogens with one attached hydrogen (secondary N) is 1. The standard InChI is InChI=1S/C22H20ClN5O2S2/c1-14(30-17-10-6-9-16(23)11-17)20-26-27-22(28(20)2)32-13-19(29)25-21-24-18(12-31-21)15-7-4-3-5-8-15/h3-12,14H,13H2,1-2H3,(H,24,25,29). The van der Waals surface area contributed by atoms with Gasteiger partial charge in [0.1, 0.15) is 5.75 Å². The second-order valence-electron chi connectivity index (χ2n) is 6.86. The molecule has 7 nitrogen and oxygen atoms in total. The molecule has 0 saturated carbocycles. The van der Waals surface area contributed by atoms with Crippen LogP contribution in [0.25, 0.3) is 11.3 Å². The van der Waals surface area contributed by atoms with Crippen LogP contribution in [-0.4, -0.2) is 31.4 Å². The van der Waals surface area contributed by atoms with Crippen LogP contribution in [-0.2, 0) is 11.8 Å². The molecule has 1 N–H and O–H groups in total. The third-order valence-corrected chi connectivity index (χ3v) is 6.51. The Morgan fingerprint density at radius 1 is 1.22 bits per heavy atom. The number of halogens is 1. The maximum atomic E-state index is 12.4. The zero-order chi connectivity index (χ0) is 22.5. The van der Waals surface area contributed by atoms with Gasteiger partial charge in [0.2, 0.25) is 5.91 Å². The Labute approximate surface area is 198 Å². The summed E-state index contributed by atoms with van der Waals surface area (Å²) in [5, 5.41) is 15.0. The number of carbonyl (C=O) groups is 1. The molecule has 2 aromatic heterocycles. The summed E-state index contributed by atoms with van der Waals surface area (Å²) in [6.45, 7) is 1.89. The van der Waals surface area contributed by atoms with Gasteiger partial charge in [0.15, 0.2) is 22.2 Å². The summed E-state index contributed by atoms with van der Waals surface area (Å²) in [7, 11) is 1.85. The Morgan fingerprint density at radius 3 is 2.81 bits per heavy atom. The number of hydrogen-bond acceptors (Lipinski definition) is 7. The molecule has 0 fully saturated rings. The van der Waals surface area contributed by atoms with Crippen molar-refractivity contribution in [2.45, 2.75) is 18.2 Å². The Morgan fingerprint density at radius 2 is 2.03 bits per heavy atom. The lowest BCUT2D eigenvalue weighted by atomic mass is 10.2. The van der Waals surface area contributed by atoms with Crippen LogP contribution in [0.4, 0.5) is 5.13 Å². The van der Waals surface area contributed by atoms with Crippen molar-refractivity contribution in [1.82, 2.24) is 19.7 Å². The van der Waals surface area contributed by atoms with Crippen LogP contribution in [0.5, 0.6) is 5.75 Å². The number of nitrogens with zero attached hydrogens (tertiary/aromatic N) is 4. The lowest BCUT2D eigenvalue weighted by Crippen LogP contribution is -2.14. The van der Waals surface area contributed by atoms with Gasteiger partial charge in [-0.2, -0.15) is 0 Å². The first-order valence-corrected chi connectivity index (χ1v) is 12.0. The number of ether oxygens (including phenoxy) is 1. The van der Waals surface area contributed by atoms with Crippen molar-refractivity contribution >= 4 is 45.7 Å². The molecular weight excluding hydrogens is 466 g/mol. The molecule has 0 aliphatic heterocycles. The lowest BCUT2D eigenvalue weighted by molar-refractivity contribution is -0.113. The second kappa shape index (κ2) is 10.2. The number of thioether (sulfide) groups is 1. The van der Waals surface area contributed by atoms with E-state index in [1.54, 1.807) is 12.1 Å². The highest BCUT2D eigenvalue weighted by Gasteiger charge is 2.18. The molecule has 0 aliphatic rings. The van der Waals surface area contributed by atoms with Gasteiger partial charge >= 0.3 is 0 Å². The minimum atomic E-state index is -0.333. The van der Waals surface area contributed by atoms with E-state index in [2.05, 4.69) is 20.5 Å². The highest BCUT2D eigenvalue weighted by molar-refractivity contribution is 7.99. The van der Waals surface area contributed by atoms with Crippen LogP contribution in [0.3, 0.4) is 0 Å². The molecule has 164 valence electrons. The van der Waals surface area contributed by atoms with Crippen LogP contribution in [0.1, 0.15) is 18.9 Å². The van der Waals surface area contributed by atoms with Gasteiger partial charge in [-0.1, -0.05) is 59.8 Å². The van der Waals surface area contributed by atoms with E-state index in [9.17, 15) is 4.79 Å². The SMILES string of the molecule is CC(Oc1cccc(Cl)c1)c1nnc(SCC(=O)Nc2nc(-c3ccccc3)cs2)n1C.